The van der Waals surface area contributed by atoms with E-state index >= 15 is 0 Å². The lowest BCUT2D eigenvalue weighted by Gasteiger charge is -2.39. The van der Waals surface area contributed by atoms with Crippen molar-refractivity contribution in [3.05, 3.63) is 75.8 Å². The molecule has 1 saturated heterocycles. The van der Waals surface area contributed by atoms with E-state index < -0.39 is 28.2 Å². The number of thioether (sulfide) groups is 1. The number of carboxylic acids is 1. The fraction of sp³-hybridized carbons (Fsp3) is 0.429. The molecule has 0 saturated carbocycles. The number of likely N-dealkylation sites (tertiary alicyclic amines) is 1. The van der Waals surface area contributed by atoms with Crippen LogP contribution in [0, 0.1) is 6.92 Å². The Morgan fingerprint density at radius 3 is 2.39 bits per heavy atom. The van der Waals surface area contributed by atoms with E-state index in [0.717, 1.165) is 41.8 Å². The molecule has 6 nitrogen and oxygen atoms in total. The monoisotopic (exact) mass is 548 g/mol. The van der Waals surface area contributed by atoms with Gasteiger partial charge in [0, 0.05) is 24.7 Å². The van der Waals surface area contributed by atoms with Crippen LogP contribution < -0.4 is 10.1 Å². The third kappa shape index (κ3) is 5.50. The maximum absolute atomic E-state index is 14.0. The van der Waals surface area contributed by atoms with Gasteiger partial charge in [0.15, 0.2) is 10.5 Å². The van der Waals surface area contributed by atoms with Gasteiger partial charge in [-0.05, 0) is 80.8 Å². The summed E-state index contributed by atoms with van der Waals surface area (Å²) in [6, 6.07) is 10.4. The molecule has 2 N–H and O–H groups in total. The van der Waals surface area contributed by atoms with E-state index in [0.29, 0.717) is 24.4 Å². The summed E-state index contributed by atoms with van der Waals surface area (Å²) < 4.78 is 45.3. The third-order valence-electron chi connectivity index (χ3n) is 6.98. The van der Waals surface area contributed by atoms with E-state index in [4.69, 9.17) is 4.74 Å². The molecule has 2 atom stereocenters. The molecular weight excluding hydrogens is 517 g/mol. The molecule has 0 aromatic heterocycles. The van der Waals surface area contributed by atoms with Crippen molar-refractivity contribution >= 4 is 23.6 Å². The summed E-state index contributed by atoms with van der Waals surface area (Å²) >= 11 is 1.26. The average Bonchev–Trinajstić information content (AvgIpc) is 3.27. The number of hydrogen-bond donors (Lipinski definition) is 2. The summed E-state index contributed by atoms with van der Waals surface area (Å²) in [7, 11) is 0. The predicted molar refractivity (Wildman–Crippen MR) is 140 cm³/mol. The predicted octanol–water partition coefficient (Wildman–Crippen LogP) is 6.01. The largest absolute Gasteiger partial charge is 0.478 e. The van der Waals surface area contributed by atoms with Crippen molar-refractivity contribution < 1.29 is 32.6 Å². The zero-order valence-electron chi connectivity index (χ0n) is 21.7. The molecule has 0 radical (unpaired) electrons. The van der Waals surface area contributed by atoms with E-state index in [-0.39, 0.29) is 11.8 Å². The Labute approximate surface area is 224 Å². The fourth-order valence-corrected chi connectivity index (χ4v) is 5.86. The number of carbonyl (C=O) groups excluding carboxylic acids is 1. The smallest absolute Gasteiger partial charge is 0.416 e. The van der Waals surface area contributed by atoms with Crippen LogP contribution in [0.15, 0.2) is 53.6 Å². The normalized spacial score (nSPS) is 22.0. The molecule has 2 aromatic carbocycles. The van der Waals surface area contributed by atoms with Crippen molar-refractivity contribution in [2.24, 2.45) is 0 Å². The number of hydrogen-bond acceptors (Lipinski definition) is 5. The fourth-order valence-electron chi connectivity index (χ4n) is 4.73. The van der Waals surface area contributed by atoms with Crippen molar-refractivity contribution in [2.45, 2.75) is 63.1 Å². The lowest BCUT2D eigenvalue weighted by molar-refractivity contribution is -0.152. The molecule has 1 amide bonds. The molecule has 1 unspecified atom stereocenters. The van der Waals surface area contributed by atoms with Gasteiger partial charge in [-0.3, -0.25) is 4.79 Å². The van der Waals surface area contributed by atoms with Crippen LogP contribution in [0.25, 0.3) is 0 Å². The Kier molecular flexibility index (Phi) is 7.49. The molecule has 2 aliphatic rings. The van der Waals surface area contributed by atoms with Gasteiger partial charge >= 0.3 is 12.1 Å². The third-order valence-corrected chi connectivity index (χ3v) is 8.32. The van der Waals surface area contributed by atoms with Gasteiger partial charge in [0.1, 0.15) is 5.75 Å². The molecule has 1 fully saturated rings. The molecule has 2 aliphatic heterocycles. The van der Waals surface area contributed by atoms with Gasteiger partial charge in [0.25, 0.3) is 5.91 Å². The number of carbonyl (C=O) groups is 2. The summed E-state index contributed by atoms with van der Waals surface area (Å²) in [6.07, 6.45) is -2.88. The Morgan fingerprint density at radius 2 is 1.82 bits per heavy atom. The molecule has 4 rings (SSSR count). The van der Waals surface area contributed by atoms with Crippen molar-refractivity contribution in [2.75, 3.05) is 13.1 Å². The average molecular weight is 549 g/mol. The number of carboxylic acid groups (broad SMARTS) is 1. The Balaban J connectivity index is 1.59. The van der Waals surface area contributed by atoms with Crippen LogP contribution in [0.5, 0.6) is 5.75 Å². The minimum Gasteiger partial charge on any atom is -0.478 e. The summed E-state index contributed by atoms with van der Waals surface area (Å²) in [6.45, 7) is 7.60. The Bertz CT molecular complexity index is 1260. The SMILES string of the molecule is CC1=CSC(C(=O)N2CCC[C@H](c3ccc(C)c(OC(C)(C)C(=O)O)c3)C2)(c2ccc(C(F)(F)F)cc2)N1. The summed E-state index contributed by atoms with van der Waals surface area (Å²) in [4.78, 5) is 26.1. The van der Waals surface area contributed by atoms with Gasteiger partial charge < -0.3 is 20.1 Å². The number of alkyl halides is 3. The second-order valence-electron chi connectivity index (χ2n) is 10.3. The number of amides is 1. The number of aryl methyl sites for hydroxylation is 1. The molecule has 204 valence electrons. The van der Waals surface area contributed by atoms with Gasteiger partial charge in [-0.15, -0.1) is 0 Å². The number of halogens is 3. The zero-order chi connectivity index (χ0) is 27.9. The molecule has 2 heterocycles. The lowest BCUT2D eigenvalue weighted by atomic mass is 9.89. The number of ether oxygens (including phenoxy) is 1. The molecule has 0 bridgehead atoms. The van der Waals surface area contributed by atoms with E-state index in [2.05, 4.69) is 5.32 Å². The number of nitrogens with zero attached hydrogens (tertiary/aromatic N) is 1. The van der Waals surface area contributed by atoms with Crippen LogP contribution in [0.2, 0.25) is 0 Å². The standard InChI is InChI=1S/C28H31F3N2O4S/c1-17-7-8-19(14-23(17)37-26(3,4)25(35)36)20-6-5-13-33(15-20)24(34)27(32-18(2)16-38-27)21-9-11-22(12-10-21)28(29,30)31/h7-12,14,16,20,32H,5-6,13,15H2,1-4H3,(H,35,36)/t20-,27?/m0/s1. The quantitative estimate of drug-likeness (QED) is 0.460. The number of allylic oxidation sites excluding steroid dienone is 1. The van der Waals surface area contributed by atoms with E-state index in [1.807, 2.05) is 37.5 Å². The van der Waals surface area contributed by atoms with Crippen LogP contribution in [-0.4, -0.2) is 40.6 Å². The van der Waals surface area contributed by atoms with Crippen LogP contribution in [-0.2, 0) is 20.6 Å². The van der Waals surface area contributed by atoms with Gasteiger partial charge in [0.2, 0.25) is 0 Å². The zero-order valence-corrected chi connectivity index (χ0v) is 22.5. The first-order valence-electron chi connectivity index (χ1n) is 12.4. The van der Waals surface area contributed by atoms with Crippen molar-refractivity contribution in [3.8, 4) is 5.75 Å². The van der Waals surface area contributed by atoms with Gasteiger partial charge in [-0.1, -0.05) is 36.0 Å². The highest BCUT2D eigenvalue weighted by atomic mass is 32.2. The number of aliphatic carboxylic acids is 1. The van der Waals surface area contributed by atoms with Crippen LogP contribution in [0.4, 0.5) is 13.2 Å². The summed E-state index contributed by atoms with van der Waals surface area (Å²) in [5.74, 6) is -0.812. The van der Waals surface area contributed by atoms with Gasteiger partial charge in [-0.25, -0.2) is 4.79 Å². The van der Waals surface area contributed by atoms with Crippen molar-refractivity contribution in [3.63, 3.8) is 0 Å². The Morgan fingerprint density at radius 1 is 1.13 bits per heavy atom. The molecule has 38 heavy (non-hydrogen) atoms. The second kappa shape index (κ2) is 10.2. The number of benzene rings is 2. The first kappa shape index (κ1) is 27.9. The van der Waals surface area contributed by atoms with Crippen LogP contribution >= 0.6 is 11.8 Å². The molecular formula is C28H31F3N2O4S. The lowest BCUT2D eigenvalue weighted by Crippen LogP contribution is -2.53. The van der Waals surface area contributed by atoms with Gasteiger partial charge in [-0.2, -0.15) is 13.2 Å². The van der Waals surface area contributed by atoms with E-state index in [1.54, 1.807) is 4.90 Å². The number of rotatable bonds is 6. The highest BCUT2D eigenvalue weighted by Crippen LogP contribution is 2.44. The van der Waals surface area contributed by atoms with Gasteiger partial charge in [0.05, 0.1) is 5.56 Å². The van der Waals surface area contributed by atoms with Crippen molar-refractivity contribution in [1.29, 1.82) is 0 Å². The highest BCUT2D eigenvalue weighted by Gasteiger charge is 2.47. The molecule has 2 aromatic rings. The first-order chi connectivity index (χ1) is 17.7. The molecule has 10 heteroatoms. The second-order valence-corrected chi connectivity index (χ2v) is 11.4. The van der Waals surface area contributed by atoms with Crippen LogP contribution in [0.1, 0.15) is 61.8 Å². The Hall–Kier alpha value is -3.14. The topological polar surface area (TPSA) is 78.9 Å². The first-order valence-corrected chi connectivity index (χ1v) is 13.2. The number of nitrogens with one attached hydrogen (secondary N) is 1. The highest BCUT2D eigenvalue weighted by molar-refractivity contribution is 8.04. The maximum Gasteiger partial charge on any atom is 0.416 e. The van der Waals surface area contributed by atoms with E-state index in [9.17, 15) is 27.9 Å². The molecule has 0 aliphatic carbocycles. The summed E-state index contributed by atoms with van der Waals surface area (Å²) in [5, 5.41) is 14.5. The van der Waals surface area contributed by atoms with E-state index in [1.165, 1.54) is 37.7 Å². The minimum absolute atomic E-state index is 0.00583. The minimum atomic E-state index is -4.46. The van der Waals surface area contributed by atoms with Crippen LogP contribution in [0.3, 0.4) is 0 Å². The maximum atomic E-state index is 14.0. The molecule has 0 spiro atoms. The number of piperidine rings is 1. The summed E-state index contributed by atoms with van der Waals surface area (Å²) in [5.41, 5.74) is 0.798. The van der Waals surface area contributed by atoms with Crippen molar-refractivity contribution in [1.82, 2.24) is 10.2 Å².